The normalized spacial score (nSPS) is 26.5. The number of unbranched alkanes of at least 4 members (excludes halogenated alkanes) is 2. The van der Waals surface area contributed by atoms with Gasteiger partial charge in [-0.05, 0) is 26.9 Å². The third-order valence-corrected chi connectivity index (χ3v) is 4.21. The first-order valence-electron chi connectivity index (χ1n) is 5.35. The van der Waals surface area contributed by atoms with Gasteiger partial charge >= 0.3 is 0 Å². The van der Waals surface area contributed by atoms with Gasteiger partial charge in [0.25, 0.3) is 0 Å². The monoisotopic (exact) mass is 202 g/mol. The van der Waals surface area contributed by atoms with Crippen LogP contribution < -0.4 is 0 Å². The summed E-state index contributed by atoms with van der Waals surface area (Å²) in [4.78, 5) is 0. The molecule has 1 aliphatic heterocycles. The molecule has 0 spiro atoms. The maximum absolute atomic E-state index is 5.62. The summed E-state index contributed by atoms with van der Waals surface area (Å²) in [5.41, 5.74) is 0. The number of nitrogens with zero attached hydrogens (tertiary/aromatic N) is 2. The molecule has 1 saturated heterocycles. The van der Waals surface area contributed by atoms with E-state index in [1.165, 1.54) is 25.8 Å². The Morgan fingerprint density at radius 1 is 1.31 bits per heavy atom. The van der Waals surface area contributed by atoms with E-state index in [0.29, 0.717) is 6.35 Å². The SMILES string of the molecule is CCCCCN1[SiH2]N(C)C1OCC. The minimum atomic E-state index is -0.111. The molecule has 1 rings (SSSR count). The average Bonchev–Trinajstić information content (AvgIpc) is 2.13. The van der Waals surface area contributed by atoms with Crippen LogP contribution in [-0.4, -0.2) is 45.5 Å². The van der Waals surface area contributed by atoms with Gasteiger partial charge in [-0.25, -0.2) is 0 Å². The molecule has 1 atom stereocenters. The van der Waals surface area contributed by atoms with Crippen LogP contribution >= 0.6 is 0 Å². The molecule has 1 fully saturated rings. The summed E-state index contributed by atoms with van der Waals surface area (Å²) in [6.45, 7) is 6.39. The van der Waals surface area contributed by atoms with Crippen molar-refractivity contribution in [1.29, 1.82) is 0 Å². The summed E-state index contributed by atoms with van der Waals surface area (Å²) in [6.07, 6.45) is 4.31. The van der Waals surface area contributed by atoms with Crippen LogP contribution in [0.3, 0.4) is 0 Å². The van der Waals surface area contributed by atoms with Crippen molar-refractivity contribution in [3.8, 4) is 0 Å². The van der Waals surface area contributed by atoms with Gasteiger partial charge in [-0.3, -0.25) is 9.13 Å². The van der Waals surface area contributed by atoms with Crippen LogP contribution in [0.5, 0.6) is 0 Å². The Kier molecular flexibility index (Phi) is 4.94. The van der Waals surface area contributed by atoms with Crippen molar-refractivity contribution >= 4 is 9.84 Å². The molecule has 0 aromatic rings. The highest BCUT2D eigenvalue weighted by atomic mass is 28.2. The topological polar surface area (TPSA) is 15.7 Å². The van der Waals surface area contributed by atoms with E-state index < -0.39 is 0 Å². The Morgan fingerprint density at radius 3 is 2.62 bits per heavy atom. The van der Waals surface area contributed by atoms with Crippen LogP contribution in [0, 0.1) is 0 Å². The average molecular weight is 202 g/mol. The molecule has 0 radical (unpaired) electrons. The summed E-state index contributed by atoms with van der Waals surface area (Å²) in [7, 11) is 2.06. The Labute approximate surface area is 84.0 Å². The van der Waals surface area contributed by atoms with Crippen LogP contribution in [0.25, 0.3) is 0 Å². The minimum absolute atomic E-state index is 0.111. The highest BCUT2D eigenvalue weighted by Crippen LogP contribution is 2.16. The molecule has 0 aliphatic carbocycles. The Hall–Kier alpha value is 0.0969. The lowest BCUT2D eigenvalue weighted by Crippen LogP contribution is -2.66. The number of rotatable bonds is 6. The van der Waals surface area contributed by atoms with E-state index in [4.69, 9.17) is 4.74 Å². The zero-order valence-corrected chi connectivity index (χ0v) is 10.5. The van der Waals surface area contributed by atoms with Crippen LogP contribution in [0.2, 0.25) is 0 Å². The minimum Gasteiger partial charge on any atom is -0.351 e. The van der Waals surface area contributed by atoms with Crippen LogP contribution in [-0.2, 0) is 4.74 Å². The van der Waals surface area contributed by atoms with Crippen molar-refractivity contribution in [3.05, 3.63) is 0 Å². The quantitative estimate of drug-likeness (QED) is 0.467. The van der Waals surface area contributed by atoms with Gasteiger partial charge in [0, 0.05) is 6.61 Å². The Balaban J connectivity index is 2.12. The Morgan fingerprint density at radius 2 is 2.08 bits per heavy atom. The van der Waals surface area contributed by atoms with Crippen molar-refractivity contribution in [2.75, 3.05) is 20.2 Å². The second-order valence-corrected chi connectivity index (χ2v) is 5.79. The van der Waals surface area contributed by atoms with Crippen LogP contribution in [0.1, 0.15) is 33.1 Å². The molecule has 4 heteroatoms. The fourth-order valence-electron chi connectivity index (χ4n) is 1.74. The summed E-state index contributed by atoms with van der Waals surface area (Å²) in [5, 5.41) is 0. The van der Waals surface area contributed by atoms with E-state index in [0.717, 1.165) is 6.61 Å². The van der Waals surface area contributed by atoms with Gasteiger partial charge in [0.2, 0.25) is 0 Å². The van der Waals surface area contributed by atoms with Crippen molar-refractivity contribution in [2.24, 2.45) is 0 Å². The third-order valence-electron chi connectivity index (χ3n) is 2.46. The van der Waals surface area contributed by atoms with Crippen molar-refractivity contribution in [3.63, 3.8) is 0 Å². The molecular weight excluding hydrogens is 180 g/mol. The first-order chi connectivity index (χ1) is 6.29. The van der Waals surface area contributed by atoms with Gasteiger partial charge in [-0.15, -0.1) is 0 Å². The van der Waals surface area contributed by atoms with E-state index in [2.05, 4.69) is 30.0 Å². The van der Waals surface area contributed by atoms with Crippen LogP contribution in [0.4, 0.5) is 0 Å². The van der Waals surface area contributed by atoms with E-state index in [9.17, 15) is 0 Å². The first kappa shape index (κ1) is 11.2. The molecule has 78 valence electrons. The van der Waals surface area contributed by atoms with Crippen molar-refractivity contribution in [1.82, 2.24) is 9.13 Å². The number of hydrogen-bond donors (Lipinski definition) is 0. The molecular formula is C9H22N2OSi. The summed E-state index contributed by atoms with van der Waals surface area (Å²) >= 11 is 0. The standard InChI is InChI=1S/C9H22N2OSi/c1-4-6-7-8-11-9(12-5-2)10(3)13-11/h9H,4-8,13H2,1-3H3. The first-order valence-corrected chi connectivity index (χ1v) is 6.62. The zero-order valence-electron chi connectivity index (χ0n) is 9.12. The molecule has 1 unspecified atom stereocenters. The smallest absolute Gasteiger partial charge is 0.179 e. The van der Waals surface area contributed by atoms with E-state index >= 15 is 0 Å². The molecule has 0 bridgehead atoms. The van der Waals surface area contributed by atoms with E-state index in [1.54, 1.807) is 0 Å². The fourth-order valence-corrected chi connectivity index (χ4v) is 3.37. The van der Waals surface area contributed by atoms with E-state index in [-0.39, 0.29) is 9.84 Å². The van der Waals surface area contributed by atoms with Gasteiger partial charge in [-0.2, -0.15) is 0 Å². The lowest BCUT2D eigenvalue weighted by molar-refractivity contribution is -0.121. The lowest BCUT2D eigenvalue weighted by atomic mass is 10.2. The number of hydrogen-bond acceptors (Lipinski definition) is 3. The molecule has 13 heavy (non-hydrogen) atoms. The molecule has 0 N–H and O–H groups in total. The van der Waals surface area contributed by atoms with Crippen LogP contribution in [0.15, 0.2) is 0 Å². The molecule has 0 saturated carbocycles. The molecule has 0 aromatic heterocycles. The highest BCUT2D eigenvalue weighted by Gasteiger charge is 2.33. The summed E-state index contributed by atoms with van der Waals surface area (Å²) in [5.74, 6) is 0. The van der Waals surface area contributed by atoms with Gasteiger partial charge < -0.3 is 4.74 Å². The molecule has 0 amide bonds. The maximum atomic E-state index is 5.62. The van der Waals surface area contributed by atoms with Gasteiger partial charge in [0.05, 0.1) is 0 Å². The molecule has 1 aliphatic rings. The fraction of sp³-hybridized carbons (Fsp3) is 1.00. The predicted molar refractivity (Wildman–Crippen MR) is 58.0 cm³/mol. The molecule has 0 aromatic carbocycles. The second-order valence-electron chi connectivity index (χ2n) is 3.70. The summed E-state index contributed by atoms with van der Waals surface area (Å²) < 4.78 is 10.5. The van der Waals surface area contributed by atoms with Gasteiger partial charge in [-0.1, -0.05) is 19.8 Å². The number of ether oxygens (including phenoxy) is 1. The summed E-state index contributed by atoms with van der Waals surface area (Å²) in [6, 6.07) is 0. The molecule has 3 nitrogen and oxygen atoms in total. The third kappa shape index (κ3) is 3.05. The van der Waals surface area contributed by atoms with Crippen molar-refractivity contribution in [2.45, 2.75) is 39.5 Å². The Bertz CT molecular complexity index is 146. The lowest BCUT2D eigenvalue weighted by Gasteiger charge is -2.48. The highest BCUT2D eigenvalue weighted by molar-refractivity contribution is 6.31. The maximum Gasteiger partial charge on any atom is 0.179 e. The second kappa shape index (κ2) is 5.75. The largest absolute Gasteiger partial charge is 0.351 e. The van der Waals surface area contributed by atoms with Gasteiger partial charge in [0.15, 0.2) is 16.2 Å². The van der Waals surface area contributed by atoms with Gasteiger partial charge in [0.1, 0.15) is 0 Å². The van der Waals surface area contributed by atoms with Crippen molar-refractivity contribution < 1.29 is 4.74 Å². The zero-order chi connectivity index (χ0) is 9.68. The molecule has 1 heterocycles. The predicted octanol–water partition coefficient (Wildman–Crippen LogP) is 0.743. The van der Waals surface area contributed by atoms with E-state index in [1.807, 2.05) is 0 Å².